The number of hydrogen-bond acceptors (Lipinski definition) is 3. The van der Waals surface area contributed by atoms with E-state index >= 15 is 0 Å². The molecule has 0 saturated carbocycles. The third-order valence-corrected chi connectivity index (χ3v) is 4.96. The van der Waals surface area contributed by atoms with Crippen LogP contribution >= 0.6 is 24.0 Å². The first kappa shape index (κ1) is 24.1. The average molecular weight is 492 g/mol. The lowest BCUT2D eigenvalue weighted by atomic mass is 10.0. The van der Waals surface area contributed by atoms with Crippen molar-refractivity contribution in [3.63, 3.8) is 0 Å². The van der Waals surface area contributed by atoms with Crippen molar-refractivity contribution < 1.29 is 9.13 Å². The lowest BCUT2D eigenvalue weighted by Gasteiger charge is -2.33. The van der Waals surface area contributed by atoms with Crippen LogP contribution in [0.4, 0.5) is 4.39 Å². The molecule has 1 aromatic carbocycles. The van der Waals surface area contributed by atoms with E-state index < -0.39 is 0 Å². The van der Waals surface area contributed by atoms with Crippen molar-refractivity contribution in [3.05, 3.63) is 35.6 Å². The van der Waals surface area contributed by atoms with Crippen LogP contribution in [0.2, 0.25) is 0 Å². The molecular weight excluding hydrogens is 458 g/mol. The number of unbranched alkanes of at least 4 members (excludes halogenated alkanes) is 1. The maximum atomic E-state index is 13.1. The molecule has 0 aliphatic carbocycles. The van der Waals surface area contributed by atoms with Gasteiger partial charge in [0.2, 0.25) is 0 Å². The van der Waals surface area contributed by atoms with Crippen molar-refractivity contribution in [2.24, 2.45) is 4.99 Å². The Labute approximate surface area is 180 Å². The van der Waals surface area contributed by atoms with Gasteiger partial charge in [-0.1, -0.05) is 25.5 Å². The molecule has 0 bridgehead atoms. The minimum atomic E-state index is -0.237. The summed E-state index contributed by atoms with van der Waals surface area (Å²) in [4.78, 5) is 6.88. The van der Waals surface area contributed by atoms with Crippen molar-refractivity contribution in [1.29, 1.82) is 0 Å². The van der Waals surface area contributed by atoms with Crippen LogP contribution in [0.25, 0.3) is 0 Å². The molecule has 7 heteroatoms. The molecule has 1 unspecified atom stereocenters. The molecule has 0 aromatic heterocycles. The Hall–Kier alpha value is -0.930. The smallest absolute Gasteiger partial charge is 0.191 e. The Bertz CT molecular complexity index is 547. The summed E-state index contributed by atoms with van der Waals surface area (Å²) >= 11 is 0. The third-order valence-electron chi connectivity index (χ3n) is 4.96. The van der Waals surface area contributed by atoms with E-state index in [1.807, 2.05) is 0 Å². The van der Waals surface area contributed by atoms with Gasteiger partial charge in [0.1, 0.15) is 5.82 Å². The number of ether oxygens (including phenoxy) is 1. The van der Waals surface area contributed by atoms with E-state index in [4.69, 9.17) is 4.74 Å². The predicted molar refractivity (Wildman–Crippen MR) is 120 cm³/mol. The molecule has 154 valence electrons. The van der Waals surface area contributed by atoms with Gasteiger partial charge in [0.05, 0.1) is 6.10 Å². The number of rotatable bonds is 8. The van der Waals surface area contributed by atoms with Crippen molar-refractivity contribution >= 4 is 29.9 Å². The number of halogens is 2. The first-order chi connectivity index (χ1) is 12.7. The van der Waals surface area contributed by atoms with E-state index in [0.717, 1.165) is 37.5 Å². The minimum absolute atomic E-state index is 0. The van der Waals surface area contributed by atoms with Gasteiger partial charge in [-0.15, -0.1) is 24.0 Å². The minimum Gasteiger partial charge on any atom is -0.375 e. The predicted octanol–water partition coefficient (Wildman–Crippen LogP) is 3.56. The summed E-state index contributed by atoms with van der Waals surface area (Å²) < 4.78 is 18.6. The van der Waals surface area contributed by atoms with E-state index in [-0.39, 0.29) is 35.9 Å². The Morgan fingerprint density at radius 3 is 2.52 bits per heavy atom. The van der Waals surface area contributed by atoms with Crippen molar-refractivity contribution in [2.45, 2.75) is 44.8 Å². The van der Waals surface area contributed by atoms with Crippen molar-refractivity contribution in [3.8, 4) is 0 Å². The monoisotopic (exact) mass is 492 g/mol. The van der Waals surface area contributed by atoms with Crippen LogP contribution < -0.4 is 10.6 Å². The molecule has 1 saturated heterocycles. The summed E-state index contributed by atoms with van der Waals surface area (Å²) in [6.07, 6.45) is 4.66. The lowest BCUT2D eigenvalue weighted by molar-refractivity contribution is 0.106. The van der Waals surface area contributed by atoms with Crippen LogP contribution in [0.5, 0.6) is 0 Å². The van der Waals surface area contributed by atoms with Crippen molar-refractivity contribution in [1.82, 2.24) is 15.5 Å². The molecule has 5 nitrogen and oxygen atoms in total. The zero-order valence-corrected chi connectivity index (χ0v) is 19.0. The number of guanidine groups is 1. The second-order valence-electron chi connectivity index (χ2n) is 6.84. The number of likely N-dealkylation sites (tertiary alicyclic amines) is 1. The SMILES string of the molecule is CCCCN1CCC(NC(=NC)NCC(OC)c2ccc(F)cc2)CC1.I. The van der Waals surface area contributed by atoms with E-state index in [0.29, 0.717) is 12.6 Å². The fourth-order valence-corrected chi connectivity index (χ4v) is 3.27. The number of benzene rings is 1. The molecule has 1 fully saturated rings. The Kier molecular flexibility index (Phi) is 11.9. The van der Waals surface area contributed by atoms with Gasteiger partial charge >= 0.3 is 0 Å². The van der Waals surface area contributed by atoms with Gasteiger partial charge in [-0.3, -0.25) is 4.99 Å². The largest absolute Gasteiger partial charge is 0.375 e. The van der Waals surface area contributed by atoms with Crippen LogP contribution in [-0.4, -0.2) is 57.2 Å². The Morgan fingerprint density at radius 2 is 1.96 bits per heavy atom. The van der Waals surface area contributed by atoms with E-state index in [1.165, 1.54) is 31.5 Å². The van der Waals surface area contributed by atoms with Gasteiger partial charge in [0.15, 0.2) is 5.96 Å². The first-order valence-electron chi connectivity index (χ1n) is 9.64. The molecule has 1 aromatic rings. The summed E-state index contributed by atoms with van der Waals surface area (Å²) in [5.74, 6) is 0.556. The zero-order valence-electron chi connectivity index (χ0n) is 16.7. The van der Waals surface area contributed by atoms with Gasteiger partial charge < -0.3 is 20.3 Å². The highest BCUT2D eigenvalue weighted by molar-refractivity contribution is 14.0. The maximum absolute atomic E-state index is 13.1. The second kappa shape index (κ2) is 13.3. The highest BCUT2D eigenvalue weighted by atomic mass is 127. The molecule has 1 heterocycles. The average Bonchev–Trinajstić information content (AvgIpc) is 2.68. The molecular formula is C20H34FIN4O. The molecule has 1 aliphatic rings. The quantitative estimate of drug-likeness (QED) is 0.331. The summed E-state index contributed by atoms with van der Waals surface area (Å²) in [6, 6.07) is 6.88. The maximum Gasteiger partial charge on any atom is 0.191 e. The van der Waals surface area contributed by atoms with Crippen LogP contribution in [0.15, 0.2) is 29.3 Å². The number of piperidine rings is 1. The van der Waals surface area contributed by atoms with E-state index in [2.05, 4.69) is 27.4 Å². The van der Waals surface area contributed by atoms with Gasteiger partial charge in [-0.25, -0.2) is 4.39 Å². The van der Waals surface area contributed by atoms with Gasteiger partial charge in [-0.2, -0.15) is 0 Å². The van der Waals surface area contributed by atoms with Gasteiger partial charge in [-0.05, 0) is 43.5 Å². The van der Waals surface area contributed by atoms with Crippen LogP contribution in [0.1, 0.15) is 44.3 Å². The van der Waals surface area contributed by atoms with Crippen LogP contribution in [0.3, 0.4) is 0 Å². The lowest BCUT2D eigenvalue weighted by Crippen LogP contribution is -2.49. The normalized spacial score (nSPS) is 17.3. The van der Waals surface area contributed by atoms with Crippen molar-refractivity contribution in [2.75, 3.05) is 40.3 Å². The number of nitrogens with zero attached hydrogens (tertiary/aromatic N) is 2. The van der Waals surface area contributed by atoms with Gasteiger partial charge in [0, 0.05) is 39.8 Å². The highest BCUT2D eigenvalue weighted by Crippen LogP contribution is 2.16. The Balaban J connectivity index is 0.00000364. The number of aliphatic imine (C=N–C) groups is 1. The molecule has 0 radical (unpaired) electrons. The summed E-state index contributed by atoms with van der Waals surface area (Å²) in [5.41, 5.74) is 0.945. The molecule has 1 atom stereocenters. The fourth-order valence-electron chi connectivity index (χ4n) is 3.27. The van der Waals surface area contributed by atoms with E-state index in [1.54, 1.807) is 26.3 Å². The summed E-state index contributed by atoms with van der Waals surface area (Å²) in [7, 11) is 3.45. The highest BCUT2D eigenvalue weighted by Gasteiger charge is 2.20. The van der Waals surface area contributed by atoms with Gasteiger partial charge in [0.25, 0.3) is 0 Å². The van der Waals surface area contributed by atoms with E-state index in [9.17, 15) is 4.39 Å². The second-order valence-corrected chi connectivity index (χ2v) is 6.84. The first-order valence-corrected chi connectivity index (χ1v) is 9.64. The Morgan fingerprint density at radius 1 is 1.30 bits per heavy atom. The zero-order chi connectivity index (χ0) is 18.8. The summed E-state index contributed by atoms with van der Waals surface area (Å²) in [6.45, 7) is 6.32. The molecule has 2 rings (SSSR count). The number of nitrogens with one attached hydrogen (secondary N) is 2. The van der Waals surface area contributed by atoms with Crippen LogP contribution in [0, 0.1) is 5.82 Å². The fraction of sp³-hybridized carbons (Fsp3) is 0.650. The number of hydrogen-bond donors (Lipinski definition) is 2. The molecule has 2 N–H and O–H groups in total. The van der Waals surface area contributed by atoms with Crippen LogP contribution in [-0.2, 0) is 4.74 Å². The topological polar surface area (TPSA) is 48.9 Å². The number of methoxy groups -OCH3 is 1. The molecule has 1 aliphatic heterocycles. The molecule has 27 heavy (non-hydrogen) atoms. The third kappa shape index (κ3) is 8.31. The summed E-state index contributed by atoms with van der Waals surface area (Å²) in [5, 5.41) is 6.85. The standard InChI is InChI=1S/C20H33FN4O.HI/c1-4-5-12-25-13-10-18(11-14-25)24-20(22-2)23-15-19(26-3)16-6-8-17(21)9-7-16;/h6-9,18-19H,4-5,10-15H2,1-3H3,(H2,22,23,24);1H. The molecule has 0 spiro atoms. The molecule has 0 amide bonds.